The van der Waals surface area contributed by atoms with Gasteiger partial charge >= 0.3 is 0 Å². The molecule has 1 rings (SSSR count). The van der Waals surface area contributed by atoms with Gasteiger partial charge in [-0.15, -0.1) is 0 Å². The third-order valence-electron chi connectivity index (χ3n) is 2.80. The van der Waals surface area contributed by atoms with Gasteiger partial charge < -0.3 is 15.2 Å². The second kappa shape index (κ2) is 6.16. The molecule has 2 N–H and O–H groups in total. The SMILES string of the molecule is COc1ccc(C(C)(O)CNCC(C)C)cc1F. The average Bonchev–Trinajstić information content (AvgIpc) is 2.28. The fourth-order valence-electron chi connectivity index (χ4n) is 1.71. The summed E-state index contributed by atoms with van der Waals surface area (Å²) in [6.45, 7) is 7.05. The number of methoxy groups -OCH3 is 1. The van der Waals surface area contributed by atoms with Crippen molar-refractivity contribution in [2.24, 2.45) is 5.92 Å². The van der Waals surface area contributed by atoms with Gasteiger partial charge in [0.05, 0.1) is 12.7 Å². The van der Waals surface area contributed by atoms with E-state index in [4.69, 9.17) is 4.74 Å². The largest absolute Gasteiger partial charge is 0.494 e. The van der Waals surface area contributed by atoms with E-state index in [2.05, 4.69) is 19.2 Å². The lowest BCUT2D eigenvalue weighted by molar-refractivity contribution is 0.0560. The molecule has 0 spiro atoms. The quantitative estimate of drug-likeness (QED) is 0.819. The first-order valence-electron chi connectivity index (χ1n) is 6.14. The third kappa shape index (κ3) is 3.96. The van der Waals surface area contributed by atoms with Gasteiger partial charge in [0.1, 0.15) is 0 Å². The minimum atomic E-state index is -1.10. The Hall–Kier alpha value is -1.13. The molecule has 1 atom stereocenters. The summed E-state index contributed by atoms with van der Waals surface area (Å²) in [7, 11) is 1.42. The van der Waals surface area contributed by atoms with E-state index in [-0.39, 0.29) is 5.75 Å². The monoisotopic (exact) mass is 255 g/mol. The van der Waals surface area contributed by atoms with Gasteiger partial charge in [0, 0.05) is 6.54 Å². The number of hydrogen-bond acceptors (Lipinski definition) is 3. The summed E-state index contributed by atoms with van der Waals surface area (Å²) < 4.78 is 18.4. The molecule has 1 aromatic rings. The molecule has 0 fully saturated rings. The lowest BCUT2D eigenvalue weighted by Crippen LogP contribution is -2.37. The molecular formula is C14H22FNO2. The molecule has 1 aromatic carbocycles. The van der Waals surface area contributed by atoms with Gasteiger partial charge in [-0.2, -0.15) is 0 Å². The van der Waals surface area contributed by atoms with Crippen LogP contribution in [0, 0.1) is 11.7 Å². The smallest absolute Gasteiger partial charge is 0.165 e. The first kappa shape index (κ1) is 14.9. The summed E-state index contributed by atoms with van der Waals surface area (Å²) >= 11 is 0. The Morgan fingerprint density at radius 1 is 1.44 bits per heavy atom. The highest BCUT2D eigenvalue weighted by atomic mass is 19.1. The van der Waals surface area contributed by atoms with Crippen LogP contribution >= 0.6 is 0 Å². The maximum atomic E-state index is 13.6. The van der Waals surface area contributed by atoms with E-state index in [0.29, 0.717) is 18.0 Å². The molecular weight excluding hydrogens is 233 g/mol. The Labute approximate surface area is 108 Å². The van der Waals surface area contributed by atoms with E-state index in [0.717, 1.165) is 6.54 Å². The van der Waals surface area contributed by atoms with Gasteiger partial charge in [0.2, 0.25) is 0 Å². The molecule has 0 radical (unpaired) electrons. The summed E-state index contributed by atoms with van der Waals surface area (Å²) in [4.78, 5) is 0. The minimum absolute atomic E-state index is 0.185. The molecule has 0 amide bonds. The number of ether oxygens (including phenoxy) is 1. The van der Waals surface area contributed by atoms with E-state index < -0.39 is 11.4 Å². The van der Waals surface area contributed by atoms with Crippen LogP contribution in [0.3, 0.4) is 0 Å². The Bertz CT molecular complexity index is 391. The van der Waals surface area contributed by atoms with Crippen molar-refractivity contribution < 1.29 is 14.2 Å². The van der Waals surface area contributed by atoms with Crippen molar-refractivity contribution in [2.45, 2.75) is 26.4 Å². The summed E-state index contributed by atoms with van der Waals surface area (Å²) in [6.07, 6.45) is 0. The molecule has 102 valence electrons. The van der Waals surface area contributed by atoms with Crippen molar-refractivity contribution in [3.63, 3.8) is 0 Å². The molecule has 0 aromatic heterocycles. The summed E-state index contributed by atoms with van der Waals surface area (Å²) in [5.41, 5.74) is -0.556. The molecule has 3 nitrogen and oxygen atoms in total. The van der Waals surface area contributed by atoms with E-state index in [9.17, 15) is 9.50 Å². The van der Waals surface area contributed by atoms with Crippen molar-refractivity contribution in [1.82, 2.24) is 5.32 Å². The van der Waals surface area contributed by atoms with Crippen molar-refractivity contribution in [3.8, 4) is 5.75 Å². The van der Waals surface area contributed by atoms with Crippen LogP contribution < -0.4 is 10.1 Å². The number of aliphatic hydroxyl groups is 1. The van der Waals surface area contributed by atoms with Gasteiger partial charge in [-0.05, 0) is 37.1 Å². The van der Waals surface area contributed by atoms with Crippen molar-refractivity contribution in [3.05, 3.63) is 29.6 Å². The number of hydrogen-bond donors (Lipinski definition) is 2. The zero-order chi connectivity index (χ0) is 13.8. The zero-order valence-electron chi connectivity index (χ0n) is 11.5. The summed E-state index contributed by atoms with van der Waals surface area (Å²) in [5.74, 6) is 0.234. The third-order valence-corrected chi connectivity index (χ3v) is 2.80. The van der Waals surface area contributed by atoms with E-state index in [1.165, 1.54) is 19.2 Å². The Balaban J connectivity index is 2.75. The standard InChI is InChI=1S/C14H22FNO2/c1-10(2)8-16-9-14(3,17)11-5-6-13(18-4)12(15)7-11/h5-7,10,16-17H,8-9H2,1-4H3. The van der Waals surface area contributed by atoms with Crippen LogP contribution in [-0.4, -0.2) is 25.3 Å². The predicted molar refractivity (Wildman–Crippen MR) is 70.2 cm³/mol. The van der Waals surface area contributed by atoms with Crippen molar-refractivity contribution in [2.75, 3.05) is 20.2 Å². The van der Waals surface area contributed by atoms with Crippen LogP contribution in [0.2, 0.25) is 0 Å². The molecule has 0 aliphatic rings. The van der Waals surface area contributed by atoms with Crippen LogP contribution in [0.5, 0.6) is 5.75 Å². The van der Waals surface area contributed by atoms with E-state index in [1.807, 2.05) is 0 Å². The minimum Gasteiger partial charge on any atom is -0.494 e. The lowest BCUT2D eigenvalue weighted by atomic mass is 9.95. The van der Waals surface area contributed by atoms with Gasteiger partial charge in [-0.1, -0.05) is 19.9 Å². The van der Waals surface area contributed by atoms with Gasteiger partial charge in [-0.25, -0.2) is 4.39 Å². The Morgan fingerprint density at radius 2 is 2.11 bits per heavy atom. The zero-order valence-corrected chi connectivity index (χ0v) is 11.5. The lowest BCUT2D eigenvalue weighted by Gasteiger charge is -2.25. The highest BCUT2D eigenvalue weighted by molar-refractivity contribution is 5.32. The second-order valence-electron chi connectivity index (χ2n) is 5.15. The van der Waals surface area contributed by atoms with Crippen LogP contribution in [0.1, 0.15) is 26.3 Å². The van der Waals surface area contributed by atoms with E-state index in [1.54, 1.807) is 13.0 Å². The van der Waals surface area contributed by atoms with Crippen molar-refractivity contribution >= 4 is 0 Å². The summed E-state index contributed by atoms with van der Waals surface area (Å²) in [6, 6.07) is 4.52. The Morgan fingerprint density at radius 3 is 2.61 bits per heavy atom. The highest BCUT2D eigenvalue weighted by Crippen LogP contribution is 2.25. The molecule has 0 aliphatic heterocycles. The molecule has 0 bridgehead atoms. The number of benzene rings is 1. The normalized spacial score (nSPS) is 14.6. The number of rotatable bonds is 6. The number of nitrogens with one attached hydrogen (secondary N) is 1. The molecule has 0 saturated carbocycles. The molecule has 1 unspecified atom stereocenters. The molecule has 0 aliphatic carbocycles. The molecule has 18 heavy (non-hydrogen) atoms. The fraction of sp³-hybridized carbons (Fsp3) is 0.571. The first-order chi connectivity index (χ1) is 8.36. The molecule has 0 heterocycles. The number of halogens is 1. The maximum Gasteiger partial charge on any atom is 0.165 e. The van der Waals surface area contributed by atoms with Gasteiger partial charge in [-0.3, -0.25) is 0 Å². The summed E-state index contributed by atoms with van der Waals surface area (Å²) in [5, 5.41) is 13.5. The van der Waals surface area contributed by atoms with Crippen molar-refractivity contribution in [1.29, 1.82) is 0 Å². The van der Waals surface area contributed by atoms with Crippen LogP contribution in [0.15, 0.2) is 18.2 Å². The van der Waals surface area contributed by atoms with E-state index >= 15 is 0 Å². The topological polar surface area (TPSA) is 41.5 Å². The highest BCUT2D eigenvalue weighted by Gasteiger charge is 2.24. The predicted octanol–water partition coefficient (Wildman–Crippen LogP) is 2.29. The van der Waals surface area contributed by atoms with Crippen LogP contribution in [0.25, 0.3) is 0 Å². The first-order valence-corrected chi connectivity index (χ1v) is 6.14. The van der Waals surface area contributed by atoms with Crippen LogP contribution in [-0.2, 0) is 5.60 Å². The van der Waals surface area contributed by atoms with Gasteiger partial charge in [0.15, 0.2) is 11.6 Å². The molecule has 0 saturated heterocycles. The maximum absolute atomic E-state index is 13.6. The fourth-order valence-corrected chi connectivity index (χ4v) is 1.71. The molecule has 4 heteroatoms. The van der Waals surface area contributed by atoms with Crippen LogP contribution in [0.4, 0.5) is 4.39 Å². The van der Waals surface area contributed by atoms with Gasteiger partial charge in [0.25, 0.3) is 0 Å². The Kier molecular flexibility index (Phi) is 5.11. The second-order valence-corrected chi connectivity index (χ2v) is 5.15. The average molecular weight is 255 g/mol.